The first-order valence-corrected chi connectivity index (χ1v) is 8.83. The van der Waals surface area contributed by atoms with Crippen molar-refractivity contribution in [2.75, 3.05) is 13.2 Å². The third-order valence-electron chi connectivity index (χ3n) is 4.25. The molecule has 2 rings (SSSR count). The molecule has 6 nitrogen and oxygen atoms in total. The number of carbonyl (C=O) groups excluding carboxylic acids is 3. The van der Waals surface area contributed by atoms with Gasteiger partial charge in [0.2, 0.25) is 5.78 Å². The minimum Gasteiger partial charge on any atom is -0.456 e. The number of aromatic nitrogens is 1. The second-order valence-electron chi connectivity index (χ2n) is 6.33. The summed E-state index contributed by atoms with van der Waals surface area (Å²) in [6, 6.07) is 4.23. The molecule has 0 saturated heterocycles. The molecule has 150 valence electrons. The quantitative estimate of drug-likeness (QED) is 0.554. The van der Waals surface area contributed by atoms with Gasteiger partial charge < -0.3 is 14.6 Å². The van der Waals surface area contributed by atoms with Gasteiger partial charge in [-0.2, -0.15) is 0 Å². The van der Waals surface area contributed by atoms with Crippen molar-refractivity contribution in [3.63, 3.8) is 0 Å². The average molecular weight is 392 g/mol. The lowest BCUT2D eigenvalue weighted by molar-refractivity contribution is -0.141. The molecule has 0 unspecified atom stereocenters. The molecule has 0 aliphatic carbocycles. The van der Waals surface area contributed by atoms with Crippen LogP contribution in [0.15, 0.2) is 24.3 Å². The Bertz CT molecular complexity index is 906. The molecule has 0 fully saturated rings. The minimum absolute atomic E-state index is 0.347. The van der Waals surface area contributed by atoms with E-state index in [4.69, 9.17) is 4.74 Å². The SMILES string of the molecule is CCCn1c(C)cc(C(=O)COC(=O)CNC(=O)c2ccc(F)cc2F)c1C. The topological polar surface area (TPSA) is 77.4 Å². The minimum atomic E-state index is -1.04. The number of hydrogen-bond donors (Lipinski definition) is 1. The number of rotatable bonds is 8. The van der Waals surface area contributed by atoms with E-state index in [0.717, 1.165) is 36.5 Å². The highest BCUT2D eigenvalue weighted by atomic mass is 19.1. The van der Waals surface area contributed by atoms with E-state index in [1.165, 1.54) is 0 Å². The maximum absolute atomic E-state index is 13.5. The summed E-state index contributed by atoms with van der Waals surface area (Å²) in [5.74, 6) is -3.93. The van der Waals surface area contributed by atoms with Crippen molar-refractivity contribution >= 4 is 17.7 Å². The first-order chi connectivity index (χ1) is 13.2. The molecular formula is C20H22F2N2O4. The summed E-state index contributed by atoms with van der Waals surface area (Å²) in [6.45, 7) is 5.55. The highest BCUT2D eigenvalue weighted by Crippen LogP contribution is 2.16. The fraction of sp³-hybridized carbons (Fsp3) is 0.350. The molecule has 0 aliphatic rings. The van der Waals surface area contributed by atoms with E-state index in [1.807, 2.05) is 25.3 Å². The van der Waals surface area contributed by atoms with Crippen molar-refractivity contribution in [1.82, 2.24) is 9.88 Å². The molecule has 1 amide bonds. The highest BCUT2D eigenvalue weighted by Gasteiger charge is 2.18. The van der Waals surface area contributed by atoms with Gasteiger partial charge in [0.25, 0.3) is 5.91 Å². The zero-order valence-electron chi connectivity index (χ0n) is 16.0. The smallest absolute Gasteiger partial charge is 0.325 e. The van der Waals surface area contributed by atoms with Crippen LogP contribution < -0.4 is 5.32 Å². The van der Waals surface area contributed by atoms with Crippen LogP contribution in [0.1, 0.15) is 45.4 Å². The highest BCUT2D eigenvalue weighted by molar-refractivity contribution is 6.00. The molecule has 1 aromatic heterocycles. The Kier molecular flexibility index (Phi) is 7.03. The van der Waals surface area contributed by atoms with Crippen LogP contribution in [-0.4, -0.2) is 35.4 Å². The Labute approximate surface area is 161 Å². The van der Waals surface area contributed by atoms with E-state index < -0.39 is 42.2 Å². The molecule has 0 radical (unpaired) electrons. The van der Waals surface area contributed by atoms with Crippen LogP contribution in [0, 0.1) is 25.5 Å². The lowest BCUT2D eigenvalue weighted by atomic mass is 10.1. The Hall–Kier alpha value is -3.03. The third kappa shape index (κ3) is 5.03. The van der Waals surface area contributed by atoms with Gasteiger partial charge in [-0.25, -0.2) is 8.78 Å². The van der Waals surface area contributed by atoms with Crippen LogP contribution in [0.2, 0.25) is 0 Å². The van der Waals surface area contributed by atoms with Crippen LogP contribution in [0.4, 0.5) is 8.78 Å². The number of ketones is 1. The number of aryl methyl sites for hydroxylation is 1. The van der Waals surface area contributed by atoms with Crippen molar-refractivity contribution < 1.29 is 27.9 Å². The second kappa shape index (κ2) is 9.25. The second-order valence-corrected chi connectivity index (χ2v) is 6.33. The summed E-state index contributed by atoms with van der Waals surface area (Å²) < 4.78 is 33.3. The lowest BCUT2D eigenvalue weighted by Gasteiger charge is -2.08. The largest absolute Gasteiger partial charge is 0.456 e. The standard InChI is InChI=1S/C20H22F2N2O4/c1-4-7-24-12(2)8-16(13(24)3)18(25)11-28-19(26)10-23-20(27)15-6-5-14(21)9-17(15)22/h5-6,8-9H,4,7,10-11H2,1-3H3,(H,23,27). The fourth-order valence-electron chi connectivity index (χ4n) is 2.85. The van der Waals surface area contributed by atoms with Gasteiger partial charge in [-0.15, -0.1) is 0 Å². The monoisotopic (exact) mass is 392 g/mol. The first-order valence-electron chi connectivity index (χ1n) is 8.83. The summed E-state index contributed by atoms with van der Waals surface area (Å²) in [5, 5.41) is 2.17. The van der Waals surface area contributed by atoms with Crippen LogP contribution in [0.25, 0.3) is 0 Å². The number of carbonyl (C=O) groups is 3. The molecule has 28 heavy (non-hydrogen) atoms. The molecule has 1 N–H and O–H groups in total. The Morgan fingerprint density at radius 1 is 1.11 bits per heavy atom. The molecule has 0 atom stereocenters. The molecular weight excluding hydrogens is 370 g/mol. The number of amides is 1. The van der Waals surface area contributed by atoms with Crippen LogP contribution in [0.5, 0.6) is 0 Å². The van der Waals surface area contributed by atoms with Crippen LogP contribution in [-0.2, 0) is 16.1 Å². The van der Waals surface area contributed by atoms with Gasteiger partial charge in [0.1, 0.15) is 18.2 Å². The number of benzene rings is 1. The number of halogens is 2. The predicted molar refractivity (Wildman–Crippen MR) is 98.2 cm³/mol. The van der Waals surface area contributed by atoms with Gasteiger partial charge in [-0.05, 0) is 38.5 Å². The Balaban J connectivity index is 1.88. The molecule has 1 heterocycles. The van der Waals surface area contributed by atoms with Crippen molar-refractivity contribution in [2.45, 2.75) is 33.7 Å². The summed E-state index contributed by atoms with van der Waals surface area (Å²) >= 11 is 0. The van der Waals surface area contributed by atoms with Gasteiger partial charge >= 0.3 is 5.97 Å². The number of hydrogen-bond acceptors (Lipinski definition) is 4. The Morgan fingerprint density at radius 2 is 1.82 bits per heavy atom. The van der Waals surface area contributed by atoms with Crippen LogP contribution >= 0.6 is 0 Å². The summed E-state index contributed by atoms with van der Waals surface area (Å²) in [7, 11) is 0. The van der Waals surface area contributed by atoms with Crippen LogP contribution in [0.3, 0.4) is 0 Å². The third-order valence-corrected chi connectivity index (χ3v) is 4.25. The molecule has 1 aromatic carbocycles. The van der Waals surface area contributed by atoms with E-state index >= 15 is 0 Å². The molecule has 2 aromatic rings. The zero-order valence-corrected chi connectivity index (χ0v) is 16.0. The van der Waals surface area contributed by atoms with Crippen molar-refractivity contribution in [2.24, 2.45) is 0 Å². The molecule has 8 heteroatoms. The van der Waals surface area contributed by atoms with Gasteiger partial charge in [0.05, 0.1) is 5.56 Å². The number of nitrogens with one attached hydrogen (secondary N) is 1. The zero-order chi connectivity index (χ0) is 20.8. The molecule has 0 aliphatic heterocycles. The first kappa shape index (κ1) is 21.3. The summed E-state index contributed by atoms with van der Waals surface area (Å²) in [4.78, 5) is 35.9. The van der Waals surface area contributed by atoms with Gasteiger partial charge in [0, 0.05) is 29.6 Å². The van der Waals surface area contributed by atoms with E-state index in [-0.39, 0.29) is 5.78 Å². The van der Waals surface area contributed by atoms with Gasteiger partial charge in [-0.1, -0.05) is 6.92 Å². The maximum Gasteiger partial charge on any atom is 0.325 e. The molecule has 0 bridgehead atoms. The number of ether oxygens (including phenoxy) is 1. The van der Waals surface area contributed by atoms with E-state index in [9.17, 15) is 23.2 Å². The number of nitrogens with zero attached hydrogens (tertiary/aromatic N) is 1. The van der Waals surface area contributed by atoms with E-state index in [0.29, 0.717) is 11.6 Å². The summed E-state index contributed by atoms with van der Waals surface area (Å²) in [5.41, 5.74) is 1.84. The van der Waals surface area contributed by atoms with E-state index in [1.54, 1.807) is 6.07 Å². The van der Waals surface area contributed by atoms with E-state index in [2.05, 4.69) is 5.32 Å². The fourth-order valence-corrected chi connectivity index (χ4v) is 2.85. The van der Waals surface area contributed by atoms with Crippen molar-refractivity contribution in [3.05, 3.63) is 58.4 Å². The maximum atomic E-state index is 13.5. The molecule has 0 spiro atoms. The van der Waals surface area contributed by atoms with Gasteiger partial charge in [-0.3, -0.25) is 14.4 Å². The van der Waals surface area contributed by atoms with Crippen molar-refractivity contribution in [3.8, 4) is 0 Å². The predicted octanol–water partition coefficient (Wildman–Crippen LogP) is 2.95. The lowest BCUT2D eigenvalue weighted by Crippen LogP contribution is -2.32. The number of Topliss-reactive ketones (excluding diaryl/α,β-unsaturated/α-hetero) is 1. The number of esters is 1. The average Bonchev–Trinajstić information content (AvgIpc) is 2.92. The normalized spacial score (nSPS) is 10.6. The van der Waals surface area contributed by atoms with Crippen molar-refractivity contribution in [1.29, 1.82) is 0 Å². The molecule has 0 saturated carbocycles. The van der Waals surface area contributed by atoms with Gasteiger partial charge in [0.15, 0.2) is 6.61 Å². The Morgan fingerprint density at radius 3 is 2.46 bits per heavy atom. The summed E-state index contributed by atoms with van der Waals surface area (Å²) in [6.07, 6.45) is 0.924.